The highest BCUT2D eigenvalue weighted by atomic mass is 35.5. The number of aromatic carboxylic acids is 1. The molecule has 1 heterocycles. The molecule has 0 spiro atoms. The van der Waals surface area contributed by atoms with E-state index in [9.17, 15) is 4.79 Å². The summed E-state index contributed by atoms with van der Waals surface area (Å²) in [5.74, 6) is -0.939. The SMILES string of the molecule is O=C(O)c1cccc(-c2nc3cc(Cl)ccc3s2)c1. The molecular formula is C14H8ClNO2S. The first-order valence-corrected chi connectivity index (χ1v) is 6.73. The lowest BCUT2D eigenvalue weighted by molar-refractivity contribution is 0.0697. The second kappa shape index (κ2) is 4.64. The Hall–Kier alpha value is -1.91. The van der Waals surface area contributed by atoms with Crippen LogP contribution in [0.1, 0.15) is 10.4 Å². The van der Waals surface area contributed by atoms with Crippen LogP contribution in [-0.4, -0.2) is 16.1 Å². The van der Waals surface area contributed by atoms with Crippen LogP contribution in [0, 0.1) is 0 Å². The Labute approximate surface area is 118 Å². The van der Waals surface area contributed by atoms with Gasteiger partial charge in [0, 0.05) is 10.6 Å². The summed E-state index contributed by atoms with van der Waals surface area (Å²) in [4.78, 5) is 15.5. The first-order valence-electron chi connectivity index (χ1n) is 5.53. The molecule has 0 unspecified atom stereocenters. The number of halogens is 1. The minimum absolute atomic E-state index is 0.259. The van der Waals surface area contributed by atoms with Crippen molar-refractivity contribution < 1.29 is 9.90 Å². The van der Waals surface area contributed by atoms with Gasteiger partial charge in [-0.3, -0.25) is 0 Å². The van der Waals surface area contributed by atoms with E-state index in [-0.39, 0.29) is 5.56 Å². The summed E-state index contributed by atoms with van der Waals surface area (Å²) in [6.07, 6.45) is 0. The molecule has 0 amide bonds. The Morgan fingerprint density at radius 1 is 1.21 bits per heavy atom. The van der Waals surface area contributed by atoms with Gasteiger partial charge in [0.2, 0.25) is 0 Å². The Morgan fingerprint density at radius 2 is 2.05 bits per heavy atom. The van der Waals surface area contributed by atoms with Crippen LogP contribution in [0.15, 0.2) is 42.5 Å². The van der Waals surface area contributed by atoms with Crippen LogP contribution in [0.4, 0.5) is 0 Å². The van der Waals surface area contributed by atoms with Crippen molar-refractivity contribution in [1.82, 2.24) is 4.98 Å². The van der Waals surface area contributed by atoms with E-state index in [0.29, 0.717) is 5.02 Å². The van der Waals surface area contributed by atoms with Crippen molar-refractivity contribution in [1.29, 1.82) is 0 Å². The zero-order valence-electron chi connectivity index (χ0n) is 9.63. The van der Waals surface area contributed by atoms with Gasteiger partial charge in [-0.05, 0) is 30.3 Å². The third kappa shape index (κ3) is 2.32. The van der Waals surface area contributed by atoms with E-state index < -0.39 is 5.97 Å². The number of hydrogen-bond donors (Lipinski definition) is 1. The second-order valence-electron chi connectivity index (χ2n) is 4.02. The van der Waals surface area contributed by atoms with Gasteiger partial charge in [0.1, 0.15) is 5.01 Å². The number of benzene rings is 2. The molecule has 0 saturated heterocycles. The van der Waals surface area contributed by atoms with Gasteiger partial charge in [-0.1, -0.05) is 23.7 Å². The van der Waals surface area contributed by atoms with Crippen LogP contribution >= 0.6 is 22.9 Å². The van der Waals surface area contributed by atoms with E-state index >= 15 is 0 Å². The molecule has 1 aromatic heterocycles. The number of nitrogens with zero attached hydrogens (tertiary/aromatic N) is 1. The number of carbonyl (C=O) groups is 1. The van der Waals surface area contributed by atoms with Crippen molar-refractivity contribution in [2.75, 3.05) is 0 Å². The van der Waals surface area contributed by atoms with E-state index in [1.807, 2.05) is 18.2 Å². The summed E-state index contributed by atoms with van der Waals surface area (Å²) in [5.41, 5.74) is 1.89. The van der Waals surface area contributed by atoms with E-state index in [2.05, 4.69) is 4.98 Å². The van der Waals surface area contributed by atoms with Gasteiger partial charge in [-0.2, -0.15) is 0 Å². The molecule has 19 heavy (non-hydrogen) atoms. The number of carboxylic acids is 1. The average Bonchev–Trinajstić information content (AvgIpc) is 2.81. The molecule has 94 valence electrons. The summed E-state index contributed by atoms with van der Waals surface area (Å²) < 4.78 is 1.03. The number of fused-ring (bicyclic) bond motifs is 1. The molecule has 0 aliphatic rings. The lowest BCUT2D eigenvalue weighted by Gasteiger charge is -1.97. The Bertz CT molecular complexity index is 782. The smallest absolute Gasteiger partial charge is 0.335 e. The summed E-state index contributed by atoms with van der Waals surface area (Å²) in [6.45, 7) is 0. The fourth-order valence-corrected chi connectivity index (χ4v) is 2.92. The van der Waals surface area contributed by atoms with Gasteiger partial charge < -0.3 is 5.11 Å². The summed E-state index contributed by atoms with van der Waals surface area (Å²) >= 11 is 7.44. The number of carboxylic acid groups (broad SMARTS) is 1. The first-order chi connectivity index (χ1) is 9.13. The van der Waals surface area contributed by atoms with Crippen molar-refractivity contribution in [2.45, 2.75) is 0 Å². The highest BCUT2D eigenvalue weighted by molar-refractivity contribution is 7.21. The summed E-state index contributed by atoms with van der Waals surface area (Å²) in [6, 6.07) is 12.3. The molecule has 2 aromatic carbocycles. The fourth-order valence-electron chi connectivity index (χ4n) is 1.81. The molecule has 0 aliphatic carbocycles. The molecule has 0 atom stereocenters. The normalized spacial score (nSPS) is 10.8. The number of aromatic nitrogens is 1. The van der Waals surface area contributed by atoms with Crippen LogP contribution in [0.25, 0.3) is 20.8 Å². The van der Waals surface area contributed by atoms with Crippen LogP contribution in [0.5, 0.6) is 0 Å². The standard InChI is InChI=1S/C14H8ClNO2S/c15-10-4-5-12-11(7-10)16-13(19-12)8-2-1-3-9(6-8)14(17)18/h1-7H,(H,17,18). The van der Waals surface area contributed by atoms with Gasteiger partial charge in [-0.15, -0.1) is 11.3 Å². The molecule has 3 nitrogen and oxygen atoms in total. The number of rotatable bonds is 2. The van der Waals surface area contributed by atoms with Gasteiger partial charge in [0.25, 0.3) is 0 Å². The van der Waals surface area contributed by atoms with Crippen LogP contribution < -0.4 is 0 Å². The first kappa shape index (κ1) is 12.1. The largest absolute Gasteiger partial charge is 0.478 e. The Kier molecular flexibility index (Phi) is 2.97. The third-order valence-corrected chi connectivity index (χ3v) is 4.03. The van der Waals surface area contributed by atoms with Gasteiger partial charge in [0.15, 0.2) is 0 Å². The topological polar surface area (TPSA) is 50.2 Å². The Morgan fingerprint density at radius 3 is 2.84 bits per heavy atom. The molecule has 0 radical (unpaired) electrons. The maximum Gasteiger partial charge on any atom is 0.335 e. The second-order valence-corrected chi connectivity index (χ2v) is 5.48. The molecule has 0 saturated carbocycles. The average molecular weight is 290 g/mol. The minimum atomic E-state index is -0.939. The zero-order chi connectivity index (χ0) is 13.4. The van der Waals surface area contributed by atoms with Gasteiger partial charge in [0.05, 0.1) is 15.8 Å². The van der Waals surface area contributed by atoms with Crippen molar-refractivity contribution in [3.8, 4) is 10.6 Å². The highest BCUT2D eigenvalue weighted by Gasteiger charge is 2.09. The lowest BCUT2D eigenvalue weighted by Crippen LogP contribution is -1.95. The molecule has 1 N–H and O–H groups in total. The molecule has 5 heteroatoms. The predicted molar refractivity (Wildman–Crippen MR) is 77.0 cm³/mol. The van der Waals surface area contributed by atoms with E-state index in [1.165, 1.54) is 11.3 Å². The quantitative estimate of drug-likeness (QED) is 0.764. The van der Waals surface area contributed by atoms with Crippen LogP contribution in [-0.2, 0) is 0 Å². The van der Waals surface area contributed by atoms with E-state index in [0.717, 1.165) is 20.8 Å². The monoisotopic (exact) mass is 289 g/mol. The van der Waals surface area contributed by atoms with Crippen molar-refractivity contribution >= 4 is 39.1 Å². The maximum atomic E-state index is 11.0. The van der Waals surface area contributed by atoms with Gasteiger partial charge >= 0.3 is 5.97 Å². The van der Waals surface area contributed by atoms with Crippen molar-refractivity contribution in [2.24, 2.45) is 0 Å². The summed E-state index contributed by atoms with van der Waals surface area (Å²) in [7, 11) is 0. The van der Waals surface area contributed by atoms with Crippen LogP contribution in [0.3, 0.4) is 0 Å². The zero-order valence-corrected chi connectivity index (χ0v) is 11.2. The molecule has 0 fully saturated rings. The fraction of sp³-hybridized carbons (Fsp3) is 0. The predicted octanol–water partition coefficient (Wildman–Crippen LogP) is 4.31. The van der Waals surface area contributed by atoms with E-state index in [4.69, 9.17) is 16.7 Å². The van der Waals surface area contributed by atoms with Crippen LogP contribution in [0.2, 0.25) is 5.02 Å². The summed E-state index contributed by atoms with van der Waals surface area (Å²) in [5, 5.41) is 10.4. The number of hydrogen-bond acceptors (Lipinski definition) is 3. The highest BCUT2D eigenvalue weighted by Crippen LogP contribution is 2.31. The molecular weight excluding hydrogens is 282 g/mol. The lowest BCUT2D eigenvalue weighted by atomic mass is 10.1. The van der Waals surface area contributed by atoms with Gasteiger partial charge in [-0.25, -0.2) is 9.78 Å². The molecule has 3 rings (SSSR count). The van der Waals surface area contributed by atoms with Crippen molar-refractivity contribution in [3.63, 3.8) is 0 Å². The molecule has 3 aromatic rings. The maximum absolute atomic E-state index is 11.0. The Balaban J connectivity index is 2.13. The molecule has 0 bridgehead atoms. The minimum Gasteiger partial charge on any atom is -0.478 e. The number of thiazole rings is 1. The molecule has 0 aliphatic heterocycles. The van der Waals surface area contributed by atoms with Crippen molar-refractivity contribution in [3.05, 3.63) is 53.1 Å². The van der Waals surface area contributed by atoms with E-state index in [1.54, 1.807) is 24.3 Å². The third-order valence-electron chi connectivity index (χ3n) is 2.71.